The van der Waals surface area contributed by atoms with Gasteiger partial charge in [0, 0.05) is 43.6 Å². The molecule has 1 atom stereocenters. The van der Waals surface area contributed by atoms with Crippen molar-refractivity contribution >= 4 is 11.5 Å². The zero-order chi connectivity index (χ0) is 13.1. The number of carbonyl (C=O) groups excluding carboxylic acids is 1. The van der Waals surface area contributed by atoms with Gasteiger partial charge in [-0.3, -0.25) is 19.8 Å². The molecule has 18 heavy (non-hydrogen) atoms. The number of benzene rings is 1. The van der Waals surface area contributed by atoms with E-state index in [0.717, 1.165) is 0 Å². The van der Waals surface area contributed by atoms with Gasteiger partial charge in [0.2, 0.25) is 0 Å². The quantitative estimate of drug-likeness (QED) is 0.606. The second-order valence-electron chi connectivity index (χ2n) is 4.74. The molecule has 5 nitrogen and oxygen atoms in total. The number of carbonyl (C=O) groups is 1. The molecule has 1 heterocycles. The highest BCUT2D eigenvalue weighted by Crippen LogP contribution is 2.22. The molecular formula is C13H16N2O3. The van der Waals surface area contributed by atoms with Gasteiger partial charge in [-0.2, -0.15) is 0 Å². The summed E-state index contributed by atoms with van der Waals surface area (Å²) in [5.41, 5.74) is 0.867. The minimum absolute atomic E-state index is 0.0292. The SMILES string of the molecule is CC1CN(Cc2ccccc2[N+](=O)[O-])CCC1=O. The average molecular weight is 248 g/mol. The van der Waals surface area contributed by atoms with Crippen molar-refractivity contribution in [3.05, 3.63) is 39.9 Å². The molecule has 1 aliphatic rings. The van der Waals surface area contributed by atoms with E-state index in [9.17, 15) is 14.9 Å². The van der Waals surface area contributed by atoms with E-state index in [1.807, 2.05) is 6.92 Å². The van der Waals surface area contributed by atoms with Crippen LogP contribution in [-0.4, -0.2) is 28.7 Å². The number of ketones is 1. The van der Waals surface area contributed by atoms with Gasteiger partial charge in [0.25, 0.3) is 5.69 Å². The lowest BCUT2D eigenvalue weighted by Gasteiger charge is -2.29. The third-order valence-electron chi connectivity index (χ3n) is 3.34. The molecule has 0 aliphatic carbocycles. The third-order valence-corrected chi connectivity index (χ3v) is 3.34. The van der Waals surface area contributed by atoms with E-state index in [1.54, 1.807) is 18.2 Å². The van der Waals surface area contributed by atoms with Crippen LogP contribution in [0.2, 0.25) is 0 Å². The first kappa shape index (κ1) is 12.7. The summed E-state index contributed by atoms with van der Waals surface area (Å²) in [4.78, 5) is 24.1. The largest absolute Gasteiger partial charge is 0.299 e. The lowest BCUT2D eigenvalue weighted by atomic mass is 9.98. The minimum atomic E-state index is -0.353. The van der Waals surface area contributed by atoms with Crippen LogP contribution in [0.4, 0.5) is 5.69 Å². The van der Waals surface area contributed by atoms with E-state index in [4.69, 9.17) is 0 Å². The predicted molar refractivity (Wildman–Crippen MR) is 67.2 cm³/mol. The molecule has 1 saturated heterocycles. The number of hydrogen-bond acceptors (Lipinski definition) is 4. The van der Waals surface area contributed by atoms with Crippen molar-refractivity contribution in [1.29, 1.82) is 0 Å². The summed E-state index contributed by atoms with van der Waals surface area (Å²) in [6.07, 6.45) is 0.543. The molecule has 1 aromatic carbocycles. The Morgan fingerprint density at radius 3 is 2.83 bits per heavy atom. The molecule has 96 valence electrons. The van der Waals surface area contributed by atoms with E-state index in [-0.39, 0.29) is 22.3 Å². The lowest BCUT2D eigenvalue weighted by molar-refractivity contribution is -0.385. The summed E-state index contributed by atoms with van der Waals surface area (Å²) >= 11 is 0. The van der Waals surface area contributed by atoms with Gasteiger partial charge < -0.3 is 0 Å². The number of likely N-dealkylation sites (tertiary alicyclic amines) is 1. The van der Waals surface area contributed by atoms with Crippen molar-refractivity contribution in [3.63, 3.8) is 0 Å². The van der Waals surface area contributed by atoms with Crippen LogP contribution in [0.25, 0.3) is 0 Å². The van der Waals surface area contributed by atoms with E-state index in [1.165, 1.54) is 6.07 Å². The maximum atomic E-state index is 11.4. The van der Waals surface area contributed by atoms with Crippen LogP contribution in [0.5, 0.6) is 0 Å². The molecule has 5 heteroatoms. The van der Waals surface area contributed by atoms with E-state index >= 15 is 0 Å². The second-order valence-corrected chi connectivity index (χ2v) is 4.74. The molecule has 0 radical (unpaired) electrons. The fraction of sp³-hybridized carbons (Fsp3) is 0.462. The van der Waals surface area contributed by atoms with Crippen molar-refractivity contribution in [2.24, 2.45) is 5.92 Å². The van der Waals surface area contributed by atoms with E-state index in [2.05, 4.69) is 4.90 Å². The van der Waals surface area contributed by atoms with Crippen LogP contribution in [0.3, 0.4) is 0 Å². The van der Waals surface area contributed by atoms with Crippen molar-refractivity contribution in [3.8, 4) is 0 Å². The Morgan fingerprint density at radius 1 is 1.44 bits per heavy atom. The van der Waals surface area contributed by atoms with Gasteiger partial charge in [0.15, 0.2) is 0 Å². The lowest BCUT2D eigenvalue weighted by Crippen LogP contribution is -2.39. The van der Waals surface area contributed by atoms with Crippen molar-refractivity contribution < 1.29 is 9.72 Å². The molecule has 1 unspecified atom stereocenters. The minimum Gasteiger partial charge on any atom is -0.299 e. The summed E-state index contributed by atoms with van der Waals surface area (Å²) in [5.74, 6) is 0.315. The van der Waals surface area contributed by atoms with Gasteiger partial charge >= 0.3 is 0 Å². The molecule has 0 N–H and O–H groups in total. The average Bonchev–Trinajstić information content (AvgIpc) is 2.34. The number of nitrogens with zero attached hydrogens (tertiary/aromatic N) is 2. The smallest absolute Gasteiger partial charge is 0.273 e. The van der Waals surface area contributed by atoms with Gasteiger partial charge in [-0.05, 0) is 0 Å². The zero-order valence-corrected chi connectivity index (χ0v) is 10.3. The molecule has 2 rings (SSSR count). The Balaban J connectivity index is 2.10. The molecule has 1 aliphatic heterocycles. The van der Waals surface area contributed by atoms with Crippen molar-refractivity contribution in [2.45, 2.75) is 19.9 Å². The maximum absolute atomic E-state index is 11.4. The Bertz CT molecular complexity index is 473. The van der Waals surface area contributed by atoms with Crippen LogP contribution < -0.4 is 0 Å². The first-order valence-electron chi connectivity index (χ1n) is 6.05. The molecule has 0 aromatic heterocycles. The van der Waals surface area contributed by atoms with Crippen molar-refractivity contribution in [2.75, 3.05) is 13.1 Å². The highest BCUT2D eigenvalue weighted by Gasteiger charge is 2.25. The predicted octanol–water partition coefficient (Wildman–Crippen LogP) is 2.01. The Morgan fingerprint density at radius 2 is 2.17 bits per heavy atom. The number of Topliss-reactive ketones (excluding diaryl/α,β-unsaturated/α-hetero) is 1. The van der Waals surface area contributed by atoms with Crippen molar-refractivity contribution in [1.82, 2.24) is 4.90 Å². The summed E-state index contributed by atoms with van der Waals surface area (Å²) in [6.45, 7) is 3.82. The summed E-state index contributed by atoms with van der Waals surface area (Å²) in [6, 6.07) is 6.78. The first-order valence-corrected chi connectivity index (χ1v) is 6.05. The number of nitro groups is 1. The fourth-order valence-corrected chi connectivity index (χ4v) is 2.30. The highest BCUT2D eigenvalue weighted by atomic mass is 16.6. The Hall–Kier alpha value is -1.75. The number of rotatable bonds is 3. The van der Waals surface area contributed by atoms with Crippen LogP contribution in [0, 0.1) is 16.0 Å². The molecule has 0 bridgehead atoms. The summed E-state index contributed by atoms with van der Waals surface area (Å²) in [5, 5.41) is 10.9. The summed E-state index contributed by atoms with van der Waals surface area (Å²) in [7, 11) is 0. The fourth-order valence-electron chi connectivity index (χ4n) is 2.30. The number of piperidine rings is 1. The molecule has 0 amide bonds. The zero-order valence-electron chi connectivity index (χ0n) is 10.3. The number of nitro benzene ring substituents is 1. The summed E-state index contributed by atoms with van der Waals surface area (Å²) < 4.78 is 0. The normalized spacial score (nSPS) is 20.9. The van der Waals surface area contributed by atoms with Gasteiger partial charge in [0.1, 0.15) is 5.78 Å². The van der Waals surface area contributed by atoms with Gasteiger partial charge in [-0.15, -0.1) is 0 Å². The Kier molecular flexibility index (Phi) is 3.72. The van der Waals surface area contributed by atoms with E-state index < -0.39 is 0 Å². The maximum Gasteiger partial charge on any atom is 0.273 e. The van der Waals surface area contributed by atoms with Crippen LogP contribution in [0.15, 0.2) is 24.3 Å². The van der Waals surface area contributed by atoms with Gasteiger partial charge in [0.05, 0.1) is 4.92 Å². The van der Waals surface area contributed by atoms with Gasteiger partial charge in [-0.1, -0.05) is 25.1 Å². The topological polar surface area (TPSA) is 63.4 Å². The second kappa shape index (κ2) is 5.27. The highest BCUT2D eigenvalue weighted by molar-refractivity contribution is 5.81. The Labute approximate surface area is 106 Å². The number of para-hydroxylation sites is 1. The molecular weight excluding hydrogens is 232 g/mol. The first-order chi connectivity index (χ1) is 8.58. The molecule has 1 fully saturated rings. The monoisotopic (exact) mass is 248 g/mol. The molecule has 1 aromatic rings. The molecule has 0 saturated carbocycles. The number of hydrogen-bond donors (Lipinski definition) is 0. The molecule has 0 spiro atoms. The third kappa shape index (κ3) is 2.73. The van der Waals surface area contributed by atoms with Crippen LogP contribution in [-0.2, 0) is 11.3 Å². The van der Waals surface area contributed by atoms with Crippen LogP contribution in [0.1, 0.15) is 18.9 Å². The standard InChI is InChI=1S/C13H16N2O3/c1-10-8-14(7-6-13(10)16)9-11-4-2-3-5-12(11)15(17)18/h2-5,10H,6-9H2,1H3. The van der Waals surface area contributed by atoms with Crippen LogP contribution >= 0.6 is 0 Å². The van der Waals surface area contributed by atoms with E-state index in [0.29, 0.717) is 31.6 Å². The van der Waals surface area contributed by atoms with Gasteiger partial charge in [-0.25, -0.2) is 0 Å².